The van der Waals surface area contributed by atoms with Crippen LogP contribution in [0.3, 0.4) is 0 Å². The third kappa shape index (κ3) is 3.29. The minimum Gasteiger partial charge on any atom is -0.496 e. The van der Waals surface area contributed by atoms with E-state index in [1.54, 1.807) is 7.11 Å². The standard InChI is InChI=1S/C18H26BrNO/c1-3-20-17(11-15-9-12-4-5-13(15)8-12)14-6-7-18(21-2)16(19)10-14/h6-7,10,12-13,15,17,20H,3-5,8-9,11H2,1-2H3. The zero-order valence-electron chi connectivity index (χ0n) is 13.1. The minimum absolute atomic E-state index is 0.474. The Morgan fingerprint density at radius 3 is 2.76 bits per heavy atom. The molecule has 3 rings (SSSR count). The number of halogens is 1. The van der Waals surface area contributed by atoms with Crippen LogP contribution in [0.4, 0.5) is 0 Å². The smallest absolute Gasteiger partial charge is 0.133 e. The summed E-state index contributed by atoms with van der Waals surface area (Å²) in [7, 11) is 1.72. The van der Waals surface area contributed by atoms with Gasteiger partial charge in [0.1, 0.15) is 5.75 Å². The summed E-state index contributed by atoms with van der Waals surface area (Å²) >= 11 is 3.62. The van der Waals surface area contributed by atoms with Crippen LogP contribution in [-0.2, 0) is 0 Å². The van der Waals surface area contributed by atoms with E-state index in [1.807, 2.05) is 0 Å². The van der Waals surface area contributed by atoms with Crippen molar-refractivity contribution in [1.29, 1.82) is 0 Å². The van der Waals surface area contributed by atoms with Crippen molar-refractivity contribution >= 4 is 15.9 Å². The molecular formula is C18H26BrNO. The van der Waals surface area contributed by atoms with Gasteiger partial charge in [-0.2, -0.15) is 0 Å². The molecule has 0 aromatic heterocycles. The molecule has 116 valence electrons. The molecular weight excluding hydrogens is 326 g/mol. The van der Waals surface area contributed by atoms with Crippen LogP contribution in [0.2, 0.25) is 0 Å². The molecule has 2 fully saturated rings. The van der Waals surface area contributed by atoms with Gasteiger partial charge in [0.05, 0.1) is 11.6 Å². The van der Waals surface area contributed by atoms with Crippen molar-refractivity contribution in [3.8, 4) is 5.75 Å². The molecule has 0 heterocycles. The first-order valence-corrected chi connectivity index (χ1v) is 9.07. The molecule has 3 heteroatoms. The van der Waals surface area contributed by atoms with E-state index < -0.39 is 0 Å². The van der Waals surface area contributed by atoms with Gasteiger partial charge in [-0.3, -0.25) is 0 Å². The third-order valence-electron chi connectivity index (χ3n) is 5.45. The van der Waals surface area contributed by atoms with Crippen molar-refractivity contribution in [2.24, 2.45) is 17.8 Å². The van der Waals surface area contributed by atoms with E-state index in [2.05, 4.69) is 46.4 Å². The zero-order chi connectivity index (χ0) is 14.8. The molecule has 0 amide bonds. The van der Waals surface area contributed by atoms with Gasteiger partial charge in [-0.05, 0) is 83.6 Å². The summed E-state index contributed by atoms with van der Waals surface area (Å²) in [5.41, 5.74) is 1.38. The Kier molecular flexibility index (Phi) is 4.90. The Balaban J connectivity index is 1.73. The van der Waals surface area contributed by atoms with E-state index in [1.165, 1.54) is 37.7 Å². The number of nitrogens with one attached hydrogen (secondary N) is 1. The monoisotopic (exact) mass is 351 g/mol. The van der Waals surface area contributed by atoms with Crippen molar-refractivity contribution in [2.45, 2.75) is 45.1 Å². The summed E-state index contributed by atoms with van der Waals surface area (Å²) in [6, 6.07) is 6.98. The van der Waals surface area contributed by atoms with Crippen LogP contribution < -0.4 is 10.1 Å². The predicted octanol–water partition coefficient (Wildman–Crippen LogP) is 4.93. The van der Waals surface area contributed by atoms with E-state index >= 15 is 0 Å². The summed E-state index contributed by atoms with van der Waals surface area (Å²) in [5.74, 6) is 3.87. The second-order valence-electron chi connectivity index (χ2n) is 6.67. The average molecular weight is 352 g/mol. The molecule has 0 spiro atoms. The molecule has 1 N–H and O–H groups in total. The molecule has 0 aliphatic heterocycles. The molecule has 2 aliphatic rings. The first-order chi connectivity index (χ1) is 10.2. The lowest BCUT2D eigenvalue weighted by Gasteiger charge is -2.28. The van der Waals surface area contributed by atoms with Gasteiger partial charge in [0.2, 0.25) is 0 Å². The highest BCUT2D eigenvalue weighted by Gasteiger charge is 2.40. The number of hydrogen-bond acceptors (Lipinski definition) is 2. The van der Waals surface area contributed by atoms with Gasteiger partial charge >= 0.3 is 0 Å². The topological polar surface area (TPSA) is 21.3 Å². The molecule has 21 heavy (non-hydrogen) atoms. The van der Waals surface area contributed by atoms with Crippen LogP contribution in [0.5, 0.6) is 5.75 Å². The second-order valence-corrected chi connectivity index (χ2v) is 7.53. The summed E-state index contributed by atoms with van der Waals surface area (Å²) in [6.07, 6.45) is 7.20. The largest absolute Gasteiger partial charge is 0.496 e. The number of fused-ring (bicyclic) bond motifs is 2. The maximum atomic E-state index is 5.35. The molecule has 1 aromatic carbocycles. The average Bonchev–Trinajstić information content (AvgIpc) is 3.09. The number of benzene rings is 1. The van der Waals surface area contributed by atoms with E-state index in [-0.39, 0.29) is 0 Å². The lowest BCUT2D eigenvalue weighted by atomic mass is 9.82. The van der Waals surface area contributed by atoms with Gasteiger partial charge in [-0.1, -0.05) is 19.4 Å². The Morgan fingerprint density at radius 2 is 2.19 bits per heavy atom. The fraction of sp³-hybridized carbons (Fsp3) is 0.667. The van der Waals surface area contributed by atoms with Gasteiger partial charge in [0.15, 0.2) is 0 Å². The number of hydrogen-bond donors (Lipinski definition) is 1. The number of rotatable bonds is 6. The first-order valence-electron chi connectivity index (χ1n) is 8.28. The lowest BCUT2D eigenvalue weighted by molar-refractivity contribution is 0.280. The third-order valence-corrected chi connectivity index (χ3v) is 6.07. The first kappa shape index (κ1) is 15.4. The van der Waals surface area contributed by atoms with Crippen molar-refractivity contribution in [2.75, 3.05) is 13.7 Å². The SMILES string of the molecule is CCNC(CC1CC2CCC1C2)c1ccc(OC)c(Br)c1. The molecule has 2 bridgehead atoms. The van der Waals surface area contributed by atoms with Crippen LogP contribution in [0, 0.1) is 17.8 Å². The van der Waals surface area contributed by atoms with Crippen LogP contribution in [0.15, 0.2) is 22.7 Å². The van der Waals surface area contributed by atoms with E-state index in [4.69, 9.17) is 4.74 Å². The fourth-order valence-electron chi connectivity index (χ4n) is 4.45. The maximum absolute atomic E-state index is 5.35. The van der Waals surface area contributed by atoms with Gasteiger partial charge < -0.3 is 10.1 Å². The number of methoxy groups -OCH3 is 1. The fourth-order valence-corrected chi connectivity index (χ4v) is 5.01. The molecule has 0 radical (unpaired) electrons. The summed E-state index contributed by atoms with van der Waals surface area (Å²) in [6.45, 7) is 3.22. The van der Waals surface area contributed by atoms with Gasteiger partial charge in [0.25, 0.3) is 0 Å². The van der Waals surface area contributed by atoms with Gasteiger partial charge in [-0.25, -0.2) is 0 Å². The van der Waals surface area contributed by atoms with Crippen molar-refractivity contribution in [3.63, 3.8) is 0 Å². The van der Waals surface area contributed by atoms with Crippen LogP contribution >= 0.6 is 15.9 Å². The van der Waals surface area contributed by atoms with Gasteiger partial charge in [-0.15, -0.1) is 0 Å². The van der Waals surface area contributed by atoms with Crippen LogP contribution in [0.25, 0.3) is 0 Å². The van der Waals surface area contributed by atoms with E-state index in [9.17, 15) is 0 Å². The highest BCUT2D eigenvalue weighted by molar-refractivity contribution is 9.10. The van der Waals surface area contributed by atoms with Crippen LogP contribution in [-0.4, -0.2) is 13.7 Å². The summed E-state index contributed by atoms with van der Waals surface area (Å²) < 4.78 is 6.40. The Morgan fingerprint density at radius 1 is 1.33 bits per heavy atom. The minimum atomic E-state index is 0.474. The van der Waals surface area contributed by atoms with Crippen LogP contribution in [0.1, 0.15) is 50.6 Å². The lowest BCUT2D eigenvalue weighted by Crippen LogP contribution is -2.25. The van der Waals surface area contributed by atoms with Gasteiger partial charge in [0, 0.05) is 6.04 Å². The quantitative estimate of drug-likeness (QED) is 0.783. The van der Waals surface area contributed by atoms with Crippen molar-refractivity contribution < 1.29 is 4.74 Å². The highest BCUT2D eigenvalue weighted by Crippen LogP contribution is 2.51. The summed E-state index contributed by atoms with van der Waals surface area (Å²) in [4.78, 5) is 0. The molecule has 4 atom stereocenters. The normalized spacial score (nSPS) is 28.8. The molecule has 4 unspecified atom stereocenters. The molecule has 0 saturated heterocycles. The highest BCUT2D eigenvalue weighted by atomic mass is 79.9. The second kappa shape index (κ2) is 6.70. The Labute approximate surface area is 136 Å². The van der Waals surface area contributed by atoms with Crippen molar-refractivity contribution in [3.05, 3.63) is 28.2 Å². The molecule has 2 aliphatic carbocycles. The number of ether oxygens (including phenoxy) is 1. The van der Waals surface area contributed by atoms with Crippen molar-refractivity contribution in [1.82, 2.24) is 5.32 Å². The Bertz CT molecular complexity index is 490. The van der Waals surface area contributed by atoms with E-state index in [0.29, 0.717) is 6.04 Å². The maximum Gasteiger partial charge on any atom is 0.133 e. The van der Waals surface area contributed by atoms with E-state index in [0.717, 1.165) is 34.5 Å². The Hall–Kier alpha value is -0.540. The summed E-state index contributed by atoms with van der Waals surface area (Å²) in [5, 5.41) is 3.69. The molecule has 1 aromatic rings. The zero-order valence-corrected chi connectivity index (χ0v) is 14.7. The molecule has 2 saturated carbocycles. The predicted molar refractivity (Wildman–Crippen MR) is 90.7 cm³/mol. The molecule has 2 nitrogen and oxygen atoms in total.